The summed E-state index contributed by atoms with van der Waals surface area (Å²) in [4.78, 5) is 24.8. The Hall–Kier alpha value is -3.33. The summed E-state index contributed by atoms with van der Waals surface area (Å²) in [6.07, 6.45) is 5.03. The molecule has 1 aliphatic rings. The fourth-order valence-electron chi connectivity index (χ4n) is 3.72. The van der Waals surface area contributed by atoms with Crippen molar-refractivity contribution in [1.82, 2.24) is 30.0 Å². The molecule has 4 heterocycles. The van der Waals surface area contributed by atoms with Gasteiger partial charge in [0.25, 0.3) is 5.91 Å². The summed E-state index contributed by atoms with van der Waals surface area (Å²) in [6, 6.07) is 4.49. The van der Waals surface area contributed by atoms with E-state index in [-0.39, 0.29) is 17.8 Å². The van der Waals surface area contributed by atoms with Gasteiger partial charge in [0.05, 0.1) is 29.9 Å². The highest BCUT2D eigenvalue weighted by Crippen LogP contribution is 2.28. The highest BCUT2D eigenvalue weighted by molar-refractivity contribution is 6.05. The lowest BCUT2D eigenvalue weighted by atomic mass is 10.1. The van der Waals surface area contributed by atoms with Gasteiger partial charge in [-0.25, -0.2) is 14.4 Å². The van der Waals surface area contributed by atoms with Gasteiger partial charge in [0.1, 0.15) is 22.7 Å². The Kier molecular flexibility index (Phi) is 4.24. The number of amides is 1. The minimum Gasteiger partial charge on any atom is -0.379 e. The summed E-state index contributed by atoms with van der Waals surface area (Å²) in [7, 11) is 1.75. The number of aryl methyl sites for hydroxylation is 1. The summed E-state index contributed by atoms with van der Waals surface area (Å²) >= 11 is 0. The highest BCUT2D eigenvalue weighted by Gasteiger charge is 2.21. The van der Waals surface area contributed by atoms with Crippen molar-refractivity contribution in [2.24, 2.45) is 7.05 Å². The zero-order valence-electron chi connectivity index (χ0n) is 15.8. The first-order chi connectivity index (χ1) is 14.1. The number of rotatable bonds is 3. The van der Waals surface area contributed by atoms with E-state index in [1.807, 2.05) is 0 Å². The molecular weight excluding hydrogens is 375 g/mol. The average molecular weight is 394 g/mol. The van der Waals surface area contributed by atoms with Gasteiger partial charge in [0, 0.05) is 25.2 Å². The third-order valence-electron chi connectivity index (χ3n) is 5.18. The number of aromatic nitrogens is 5. The number of nitrogens with zero attached hydrogens (tertiary/aromatic N) is 4. The lowest BCUT2D eigenvalue weighted by Gasteiger charge is -2.22. The Morgan fingerprint density at radius 3 is 3.14 bits per heavy atom. The van der Waals surface area contributed by atoms with Crippen LogP contribution in [0.1, 0.15) is 23.2 Å². The van der Waals surface area contributed by atoms with Crippen molar-refractivity contribution in [2.45, 2.75) is 18.9 Å². The van der Waals surface area contributed by atoms with Gasteiger partial charge in [-0.05, 0) is 31.0 Å². The first-order valence-corrected chi connectivity index (χ1v) is 9.45. The van der Waals surface area contributed by atoms with Crippen LogP contribution in [0.15, 0.2) is 30.6 Å². The molecule has 1 unspecified atom stereocenters. The number of benzene rings is 1. The molecule has 1 saturated heterocycles. The summed E-state index contributed by atoms with van der Waals surface area (Å²) in [5.41, 5.74) is 3.18. The molecule has 5 rings (SSSR count). The van der Waals surface area contributed by atoms with Crippen LogP contribution in [-0.2, 0) is 11.8 Å². The van der Waals surface area contributed by atoms with Crippen LogP contribution < -0.4 is 5.32 Å². The van der Waals surface area contributed by atoms with Gasteiger partial charge in [-0.2, -0.15) is 5.10 Å². The maximum atomic E-state index is 13.6. The fraction of sp³-hybridized carbons (Fsp3) is 0.300. The third-order valence-corrected chi connectivity index (χ3v) is 5.18. The Morgan fingerprint density at radius 1 is 1.41 bits per heavy atom. The molecule has 1 aliphatic heterocycles. The number of H-pyrrole nitrogens is 1. The number of aromatic amines is 1. The van der Waals surface area contributed by atoms with E-state index >= 15 is 0 Å². The van der Waals surface area contributed by atoms with Crippen molar-refractivity contribution in [3.05, 3.63) is 42.0 Å². The standard InChI is InChI=1S/C20H19FN6O2/c1-27-16-7-11(21)4-5-13(16)17(26-27)15-9-23-19-18(25-15)14(8-22-19)20(28)24-12-3-2-6-29-10-12/h4-5,7-9,12H,2-3,6,10H2,1H3,(H,22,23)(H,24,28). The number of ether oxygens (including phenoxy) is 1. The number of hydrogen-bond acceptors (Lipinski definition) is 5. The number of carbonyl (C=O) groups is 1. The third kappa shape index (κ3) is 3.13. The summed E-state index contributed by atoms with van der Waals surface area (Å²) in [6.45, 7) is 1.25. The average Bonchev–Trinajstić information content (AvgIpc) is 3.29. The van der Waals surface area contributed by atoms with E-state index in [0.717, 1.165) is 24.8 Å². The summed E-state index contributed by atoms with van der Waals surface area (Å²) in [5, 5.41) is 8.25. The number of fused-ring (bicyclic) bond motifs is 2. The molecule has 1 atom stereocenters. The first kappa shape index (κ1) is 17.7. The van der Waals surface area contributed by atoms with Crippen molar-refractivity contribution >= 4 is 28.0 Å². The molecule has 1 aromatic carbocycles. The molecule has 0 bridgehead atoms. The molecule has 9 heteroatoms. The topological polar surface area (TPSA) is 97.7 Å². The zero-order valence-corrected chi connectivity index (χ0v) is 15.8. The second kappa shape index (κ2) is 6.93. The van der Waals surface area contributed by atoms with Crippen molar-refractivity contribution in [3.63, 3.8) is 0 Å². The van der Waals surface area contributed by atoms with E-state index in [0.29, 0.717) is 40.2 Å². The Balaban J connectivity index is 1.54. The molecule has 4 aromatic rings. The minimum absolute atomic E-state index is 0.00743. The van der Waals surface area contributed by atoms with Gasteiger partial charge in [0.15, 0.2) is 5.65 Å². The first-order valence-electron chi connectivity index (χ1n) is 9.45. The second-order valence-electron chi connectivity index (χ2n) is 7.18. The van der Waals surface area contributed by atoms with E-state index in [1.165, 1.54) is 12.1 Å². The molecule has 148 valence electrons. The molecular formula is C20H19FN6O2. The number of carbonyl (C=O) groups excluding carboxylic acids is 1. The predicted octanol–water partition coefficient (Wildman–Crippen LogP) is 2.56. The summed E-state index contributed by atoms with van der Waals surface area (Å²) < 4.78 is 20.6. The molecule has 0 aliphatic carbocycles. The number of hydrogen-bond donors (Lipinski definition) is 2. The van der Waals surface area contributed by atoms with E-state index in [4.69, 9.17) is 4.74 Å². The Bertz CT molecular complexity index is 1220. The molecule has 0 saturated carbocycles. The van der Waals surface area contributed by atoms with Crippen molar-refractivity contribution < 1.29 is 13.9 Å². The monoisotopic (exact) mass is 394 g/mol. The van der Waals surface area contributed by atoms with Crippen molar-refractivity contribution in [2.75, 3.05) is 13.2 Å². The SMILES string of the molecule is Cn1nc(-c2cnc3[nH]cc(C(=O)NC4CCCOC4)c3n2)c2ccc(F)cc21. The number of nitrogens with one attached hydrogen (secondary N) is 2. The van der Waals surface area contributed by atoms with Crippen LogP contribution in [0, 0.1) is 5.82 Å². The fourth-order valence-corrected chi connectivity index (χ4v) is 3.72. The molecule has 0 spiro atoms. The minimum atomic E-state index is -0.329. The Morgan fingerprint density at radius 2 is 2.31 bits per heavy atom. The van der Waals surface area contributed by atoms with Gasteiger partial charge in [0.2, 0.25) is 0 Å². The maximum absolute atomic E-state index is 13.6. The molecule has 1 amide bonds. The largest absolute Gasteiger partial charge is 0.379 e. The van der Waals surface area contributed by atoms with Gasteiger partial charge in [-0.1, -0.05) is 0 Å². The van der Waals surface area contributed by atoms with Gasteiger partial charge in [-0.3, -0.25) is 9.48 Å². The second-order valence-corrected chi connectivity index (χ2v) is 7.18. The smallest absolute Gasteiger partial charge is 0.255 e. The molecule has 0 radical (unpaired) electrons. The normalized spacial score (nSPS) is 17.1. The lowest BCUT2D eigenvalue weighted by Crippen LogP contribution is -2.40. The molecule has 3 aromatic heterocycles. The maximum Gasteiger partial charge on any atom is 0.255 e. The molecule has 29 heavy (non-hydrogen) atoms. The zero-order chi connectivity index (χ0) is 20.0. The Labute approximate surface area is 165 Å². The van der Waals surface area contributed by atoms with E-state index < -0.39 is 0 Å². The van der Waals surface area contributed by atoms with Crippen LogP contribution in [0.25, 0.3) is 33.5 Å². The summed E-state index contributed by atoms with van der Waals surface area (Å²) in [5.74, 6) is -0.545. The highest BCUT2D eigenvalue weighted by atomic mass is 19.1. The van der Waals surface area contributed by atoms with E-state index in [1.54, 1.807) is 30.2 Å². The van der Waals surface area contributed by atoms with Gasteiger partial charge in [-0.15, -0.1) is 0 Å². The van der Waals surface area contributed by atoms with Crippen LogP contribution >= 0.6 is 0 Å². The van der Waals surface area contributed by atoms with Crippen LogP contribution in [0.3, 0.4) is 0 Å². The van der Waals surface area contributed by atoms with Gasteiger partial charge < -0.3 is 15.0 Å². The lowest BCUT2D eigenvalue weighted by molar-refractivity contribution is 0.0625. The van der Waals surface area contributed by atoms with Crippen LogP contribution in [0.2, 0.25) is 0 Å². The molecule has 2 N–H and O–H groups in total. The van der Waals surface area contributed by atoms with Crippen molar-refractivity contribution in [1.29, 1.82) is 0 Å². The number of halogens is 1. The van der Waals surface area contributed by atoms with E-state index in [9.17, 15) is 9.18 Å². The molecule has 1 fully saturated rings. The molecule has 8 nitrogen and oxygen atoms in total. The van der Waals surface area contributed by atoms with Crippen LogP contribution in [0.5, 0.6) is 0 Å². The van der Waals surface area contributed by atoms with Gasteiger partial charge >= 0.3 is 0 Å². The van der Waals surface area contributed by atoms with Crippen molar-refractivity contribution in [3.8, 4) is 11.4 Å². The van der Waals surface area contributed by atoms with Crippen LogP contribution in [0.4, 0.5) is 4.39 Å². The van der Waals surface area contributed by atoms with Crippen LogP contribution in [-0.4, -0.2) is 49.9 Å². The quantitative estimate of drug-likeness (QED) is 0.557. The van der Waals surface area contributed by atoms with E-state index in [2.05, 4.69) is 25.4 Å². The predicted molar refractivity (Wildman–Crippen MR) is 105 cm³/mol.